The Morgan fingerprint density at radius 2 is 1.79 bits per heavy atom. The number of aldehydes is 1. The van der Waals surface area contributed by atoms with Crippen molar-refractivity contribution in [3.05, 3.63) is 71.4 Å². The summed E-state index contributed by atoms with van der Waals surface area (Å²) in [7, 11) is 0. The minimum atomic E-state index is -0.322. The number of benzene rings is 2. The van der Waals surface area contributed by atoms with Gasteiger partial charge in [-0.15, -0.1) is 0 Å². The van der Waals surface area contributed by atoms with Crippen LogP contribution in [0.15, 0.2) is 54.6 Å². The van der Waals surface area contributed by atoms with E-state index >= 15 is 0 Å². The van der Waals surface area contributed by atoms with E-state index in [0.717, 1.165) is 22.8 Å². The molecule has 0 saturated heterocycles. The Morgan fingerprint density at radius 1 is 1.08 bits per heavy atom. The molecular weight excluding hydrogens is 302 g/mol. The molecule has 0 atom stereocenters. The zero-order valence-electron chi connectivity index (χ0n) is 13.6. The Hall–Kier alpha value is -2.88. The molecule has 0 unspecified atom stereocenters. The summed E-state index contributed by atoms with van der Waals surface area (Å²) in [5.41, 5.74) is 3.33. The zero-order valence-corrected chi connectivity index (χ0v) is 13.6. The molecule has 0 aliphatic heterocycles. The number of rotatable bonds is 6. The number of nitrogens with zero attached hydrogens (tertiary/aromatic N) is 1. The largest absolute Gasteiger partial charge is 0.466 e. The standard InChI is InChI=1S/C20H19NO3/c1-2-24-20(23)12-19-17(14-22)16-10-6-7-11-18(16)21(19)13-15-8-4-3-5-9-15/h3-11,14H,2,12-13H2,1H3. The normalized spacial score (nSPS) is 10.7. The molecule has 2 aromatic carbocycles. The predicted octanol–water partition coefficient (Wildman–Crippen LogP) is 3.61. The van der Waals surface area contributed by atoms with Crippen LogP contribution in [0.4, 0.5) is 0 Å². The maximum Gasteiger partial charge on any atom is 0.311 e. The molecule has 0 fully saturated rings. The van der Waals surface area contributed by atoms with Crippen molar-refractivity contribution in [3.63, 3.8) is 0 Å². The lowest BCUT2D eigenvalue weighted by Gasteiger charge is -2.11. The molecule has 0 bridgehead atoms. The van der Waals surface area contributed by atoms with Gasteiger partial charge in [-0.1, -0.05) is 48.5 Å². The molecule has 0 aliphatic carbocycles. The highest BCUT2D eigenvalue weighted by Gasteiger charge is 2.19. The molecule has 0 radical (unpaired) electrons. The lowest BCUT2D eigenvalue weighted by atomic mass is 10.1. The lowest BCUT2D eigenvalue weighted by Crippen LogP contribution is -2.14. The number of carbonyl (C=O) groups excluding carboxylic acids is 2. The van der Waals surface area contributed by atoms with E-state index < -0.39 is 0 Å². The number of ether oxygens (including phenoxy) is 1. The van der Waals surface area contributed by atoms with Crippen LogP contribution in [0.5, 0.6) is 0 Å². The third kappa shape index (κ3) is 3.08. The summed E-state index contributed by atoms with van der Waals surface area (Å²) >= 11 is 0. The van der Waals surface area contributed by atoms with Crippen molar-refractivity contribution in [3.8, 4) is 0 Å². The van der Waals surface area contributed by atoms with Crippen LogP contribution in [-0.4, -0.2) is 23.4 Å². The van der Waals surface area contributed by atoms with Crippen molar-refractivity contribution in [2.75, 3.05) is 6.61 Å². The first kappa shape index (κ1) is 16.0. The summed E-state index contributed by atoms with van der Waals surface area (Å²) in [6.07, 6.45) is 0.918. The van der Waals surface area contributed by atoms with Crippen LogP contribution in [0, 0.1) is 0 Å². The molecular formula is C20H19NO3. The molecule has 0 spiro atoms. The summed E-state index contributed by atoms with van der Waals surface area (Å²) in [5.74, 6) is -0.322. The van der Waals surface area contributed by atoms with Gasteiger partial charge in [0.1, 0.15) is 0 Å². The Bertz CT molecular complexity index is 865. The zero-order chi connectivity index (χ0) is 16.9. The van der Waals surface area contributed by atoms with Crippen molar-refractivity contribution in [1.82, 2.24) is 4.57 Å². The molecule has 122 valence electrons. The van der Waals surface area contributed by atoms with Crippen LogP contribution in [0.2, 0.25) is 0 Å². The fraction of sp³-hybridized carbons (Fsp3) is 0.200. The van der Waals surface area contributed by atoms with Gasteiger partial charge in [-0.05, 0) is 18.6 Å². The quantitative estimate of drug-likeness (QED) is 0.515. The van der Waals surface area contributed by atoms with E-state index in [9.17, 15) is 9.59 Å². The van der Waals surface area contributed by atoms with Crippen LogP contribution in [0.3, 0.4) is 0 Å². The summed E-state index contributed by atoms with van der Waals surface area (Å²) in [6, 6.07) is 17.7. The Labute approximate surface area is 140 Å². The second kappa shape index (κ2) is 7.13. The maximum absolute atomic E-state index is 12.0. The highest BCUT2D eigenvalue weighted by atomic mass is 16.5. The van der Waals surface area contributed by atoms with Gasteiger partial charge in [-0.25, -0.2) is 0 Å². The average molecular weight is 321 g/mol. The molecule has 0 aliphatic rings. The van der Waals surface area contributed by atoms with E-state index in [0.29, 0.717) is 24.4 Å². The van der Waals surface area contributed by atoms with Crippen molar-refractivity contribution in [2.24, 2.45) is 0 Å². The van der Waals surface area contributed by atoms with E-state index in [2.05, 4.69) is 0 Å². The van der Waals surface area contributed by atoms with Gasteiger partial charge < -0.3 is 9.30 Å². The molecule has 3 aromatic rings. The monoisotopic (exact) mass is 321 g/mol. The summed E-state index contributed by atoms with van der Waals surface area (Å²) < 4.78 is 7.11. The van der Waals surface area contributed by atoms with E-state index in [1.807, 2.05) is 59.2 Å². The van der Waals surface area contributed by atoms with E-state index in [1.54, 1.807) is 6.92 Å². The second-order valence-electron chi connectivity index (χ2n) is 5.55. The van der Waals surface area contributed by atoms with Crippen LogP contribution >= 0.6 is 0 Å². The van der Waals surface area contributed by atoms with Gasteiger partial charge >= 0.3 is 5.97 Å². The van der Waals surface area contributed by atoms with Gasteiger partial charge in [-0.2, -0.15) is 0 Å². The van der Waals surface area contributed by atoms with Gasteiger partial charge in [0.15, 0.2) is 6.29 Å². The van der Waals surface area contributed by atoms with Crippen molar-refractivity contribution in [2.45, 2.75) is 19.9 Å². The number of para-hydroxylation sites is 1. The molecule has 0 saturated carbocycles. The average Bonchev–Trinajstić information content (AvgIpc) is 2.89. The fourth-order valence-corrected chi connectivity index (χ4v) is 3.00. The first-order valence-corrected chi connectivity index (χ1v) is 7.99. The van der Waals surface area contributed by atoms with Gasteiger partial charge in [-0.3, -0.25) is 9.59 Å². The fourth-order valence-electron chi connectivity index (χ4n) is 3.00. The van der Waals surface area contributed by atoms with Crippen LogP contribution < -0.4 is 0 Å². The SMILES string of the molecule is CCOC(=O)Cc1c(C=O)c2ccccc2n1Cc1ccccc1. The maximum atomic E-state index is 12.0. The number of esters is 1. The van der Waals surface area contributed by atoms with Gasteiger partial charge in [0.2, 0.25) is 0 Å². The Kier molecular flexibility index (Phi) is 4.75. The van der Waals surface area contributed by atoms with Gasteiger partial charge in [0, 0.05) is 28.7 Å². The van der Waals surface area contributed by atoms with E-state index in [-0.39, 0.29) is 12.4 Å². The summed E-state index contributed by atoms with van der Waals surface area (Å²) in [4.78, 5) is 23.7. The van der Waals surface area contributed by atoms with Gasteiger partial charge in [0.25, 0.3) is 0 Å². The molecule has 1 heterocycles. The minimum Gasteiger partial charge on any atom is -0.466 e. The molecule has 4 heteroatoms. The van der Waals surface area contributed by atoms with Gasteiger partial charge in [0.05, 0.1) is 13.0 Å². The second-order valence-corrected chi connectivity index (χ2v) is 5.55. The third-order valence-electron chi connectivity index (χ3n) is 4.04. The predicted molar refractivity (Wildman–Crippen MR) is 93.2 cm³/mol. The highest BCUT2D eigenvalue weighted by molar-refractivity contribution is 6.00. The third-order valence-corrected chi connectivity index (χ3v) is 4.04. The van der Waals surface area contributed by atoms with E-state index in [1.165, 1.54) is 0 Å². The molecule has 0 amide bonds. The lowest BCUT2D eigenvalue weighted by molar-refractivity contribution is -0.142. The summed E-state index contributed by atoms with van der Waals surface area (Å²) in [5, 5.41) is 0.864. The van der Waals surface area contributed by atoms with E-state index in [4.69, 9.17) is 4.74 Å². The van der Waals surface area contributed by atoms with Crippen molar-refractivity contribution >= 4 is 23.2 Å². The first-order valence-electron chi connectivity index (χ1n) is 7.99. The Morgan fingerprint density at radius 3 is 2.50 bits per heavy atom. The number of fused-ring (bicyclic) bond motifs is 1. The number of aromatic nitrogens is 1. The molecule has 3 rings (SSSR count). The summed E-state index contributed by atoms with van der Waals surface area (Å²) in [6.45, 7) is 2.70. The van der Waals surface area contributed by atoms with Crippen molar-refractivity contribution in [1.29, 1.82) is 0 Å². The number of hydrogen-bond donors (Lipinski definition) is 0. The number of carbonyl (C=O) groups is 2. The topological polar surface area (TPSA) is 48.3 Å². The molecule has 4 nitrogen and oxygen atoms in total. The molecule has 1 aromatic heterocycles. The van der Waals surface area contributed by atoms with Crippen LogP contribution in [-0.2, 0) is 22.5 Å². The Balaban J connectivity index is 2.13. The highest BCUT2D eigenvalue weighted by Crippen LogP contribution is 2.26. The first-order chi connectivity index (χ1) is 11.7. The molecule has 0 N–H and O–H groups in total. The number of hydrogen-bond acceptors (Lipinski definition) is 3. The van der Waals surface area contributed by atoms with Crippen molar-refractivity contribution < 1.29 is 14.3 Å². The smallest absolute Gasteiger partial charge is 0.311 e. The van der Waals surface area contributed by atoms with Crippen LogP contribution in [0.1, 0.15) is 28.5 Å². The minimum absolute atomic E-state index is 0.0867. The van der Waals surface area contributed by atoms with Crippen LogP contribution in [0.25, 0.3) is 10.9 Å². The molecule has 24 heavy (non-hydrogen) atoms.